The van der Waals surface area contributed by atoms with Crippen LogP contribution in [-0.2, 0) is 33.8 Å². The molecule has 420 valence electrons. The molecule has 0 spiro atoms. The number of benzene rings is 4. The Bertz CT molecular complexity index is 2390. The fraction of sp³-hybridized carbons (Fsp3) is 0.543. The maximum atomic E-state index is 16.5. The predicted molar refractivity (Wildman–Crippen MR) is 334 cm³/mol. The largest absolute Gasteiger partial charge is 0.378 e. The molecule has 0 saturated carbocycles. The predicted octanol–water partition coefficient (Wildman–Crippen LogP) is 17.3. The van der Waals surface area contributed by atoms with Crippen LogP contribution in [0.3, 0.4) is 0 Å². The number of rotatable bonds is 34. The quantitative estimate of drug-likeness (QED) is 0.0343. The summed E-state index contributed by atoms with van der Waals surface area (Å²) < 4.78 is 32.9. The molecule has 6 nitrogen and oxygen atoms in total. The number of sulfone groups is 1. The van der Waals surface area contributed by atoms with E-state index in [0.29, 0.717) is 0 Å². The molecular weight excluding hydrogens is 961 g/mol. The Hall–Kier alpha value is -4.69. The second-order valence-electron chi connectivity index (χ2n) is 23.6. The number of likely N-dealkylation sites (N-methyl/N-ethyl adjacent to an activating group) is 2. The van der Waals surface area contributed by atoms with Crippen LogP contribution in [-0.4, -0.2) is 74.6 Å². The zero-order valence-corrected chi connectivity index (χ0v) is 50.6. The maximum absolute atomic E-state index is 16.5. The standard InChI is InChI=1S/C70H102N4O2S/c1-11-13-15-17-19-21-23-25-27-29-35-57-37-31-33-39-65(57)69(73(7)8)53-49-61(50-54-69)67(59-41-45-63(46-42-59)71(3)4)77(75,76)68(60-43-47-64(48-44-60)72(5)6)62-51-55-70(56-52-62,74(9)10)66-40-34-32-38-58(66)36-30-28-26-24-22-20-18-16-14-12-2/h31-34,37-56,61-62,67-68H,11-30,35-36H2,1-10H3. The summed E-state index contributed by atoms with van der Waals surface area (Å²) in [5.74, 6) is -0.822. The van der Waals surface area contributed by atoms with E-state index >= 15 is 8.42 Å². The van der Waals surface area contributed by atoms with Gasteiger partial charge >= 0.3 is 0 Å². The van der Waals surface area contributed by atoms with Crippen LogP contribution >= 0.6 is 0 Å². The van der Waals surface area contributed by atoms with E-state index in [2.05, 4.69) is 207 Å². The average Bonchev–Trinajstić information content (AvgIpc) is 3.49. The minimum absolute atomic E-state index is 0.411. The summed E-state index contributed by atoms with van der Waals surface area (Å²) in [4.78, 5) is 8.74. The summed E-state index contributed by atoms with van der Waals surface area (Å²) in [6.07, 6.45) is 46.4. The third kappa shape index (κ3) is 16.2. The first kappa shape index (κ1) is 61.5. The summed E-state index contributed by atoms with van der Waals surface area (Å²) in [6, 6.07) is 34.4. The molecule has 2 aliphatic rings. The van der Waals surface area contributed by atoms with E-state index in [1.807, 2.05) is 28.2 Å². The average molecular weight is 1060 g/mol. The van der Waals surface area contributed by atoms with Gasteiger partial charge in [-0.2, -0.15) is 0 Å². The maximum Gasteiger partial charge on any atom is 0.166 e. The van der Waals surface area contributed by atoms with Crippen molar-refractivity contribution in [3.8, 4) is 0 Å². The van der Waals surface area contributed by atoms with Gasteiger partial charge in [0.2, 0.25) is 0 Å². The molecule has 7 heteroatoms. The van der Waals surface area contributed by atoms with Gasteiger partial charge in [0, 0.05) is 51.4 Å². The van der Waals surface area contributed by atoms with Crippen LogP contribution in [0.15, 0.2) is 146 Å². The van der Waals surface area contributed by atoms with Gasteiger partial charge < -0.3 is 9.80 Å². The molecule has 0 aliphatic heterocycles. The van der Waals surface area contributed by atoms with Gasteiger partial charge in [0.05, 0.1) is 21.6 Å². The summed E-state index contributed by atoms with van der Waals surface area (Å²) in [6.45, 7) is 4.57. The molecule has 2 atom stereocenters. The normalized spacial score (nSPS) is 20.1. The lowest BCUT2D eigenvalue weighted by atomic mass is 9.78. The molecule has 0 fully saturated rings. The molecule has 0 bridgehead atoms. The highest BCUT2D eigenvalue weighted by molar-refractivity contribution is 7.92. The topological polar surface area (TPSA) is 47.1 Å². The molecule has 0 aromatic heterocycles. The van der Waals surface area contributed by atoms with Crippen molar-refractivity contribution in [2.45, 2.75) is 177 Å². The Balaban J connectivity index is 1.31. The lowest BCUT2D eigenvalue weighted by Crippen LogP contribution is -2.41. The molecule has 0 amide bonds. The summed E-state index contributed by atoms with van der Waals surface area (Å²) in [5.41, 5.74) is 7.90. The molecule has 0 saturated heterocycles. The zero-order chi connectivity index (χ0) is 55.3. The van der Waals surface area contributed by atoms with Crippen LogP contribution in [0.1, 0.15) is 186 Å². The van der Waals surface area contributed by atoms with Crippen LogP contribution in [0.2, 0.25) is 0 Å². The van der Waals surface area contributed by atoms with Gasteiger partial charge in [-0.05, 0) is 112 Å². The lowest BCUT2D eigenvalue weighted by Gasteiger charge is -2.41. The Morgan fingerprint density at radius 2 is 0.675 bits per heavy atom. The van der Waals surface area contributed by atoms with Crippen LogP contribution in [0, 0.1) is 11.8 Å². The van der Waals surface area contributed by atoms with E-state index in [-0.39, 0.29) is 0 Å². The monoisotopic (exact) mass is 1060 g/mol. The van der Waals surface area contributed by atoms with Crippen LogP contribution in [0.5, 0.6) is 0 Å². The fourth-order valence-corrected chi connectivity index (χ4v) is 14.9. The summed E-state index contributed by atoms with van der Waals surface area (Å²) >= 11 is 0. The number of hydrogen-bond acceptors (Lipinski definition) is 6. The molecule has 0 heterocycles. The molecule has 6 rings (SSSR count). The van der Waals surface area contributed by atoms with E-state index in [1.165, 1.54) is 138 Å². The van der Waals surface area contributed by atoms with Gasteiger partial charge in [-0.25, -0.2) is 8.42 Å². The number of anilines is 2. The van der Waals surface area contributed by atoms with Gasteiger partial charge in [0.1, 0.15) is 0 Å². The van der Waals surface area contributed by atoms with Crippen molar-refractivity contribution in [2.24, 2.45) is 11.8 Å². The van der Waals surface area contributed by atoms with E-state index in [1.54, 1.807) is 0 Å². The number of unbranched alkanes of at least 4 members (excludes halogenated alkanes) is 18. The van der Waals surface area contributed by atoms with Gasteiger partial charge in [-0.15, -0.1) is 0 Å². The molecule has 4 aromatic rings. The van der Waals surface area contributed by atoms with Crippen molar-refractivity contribution < 1.29 is 8.42 Å². The summed E-state index contributed by atoms with van der Waals surface area (Å²) in [5, 5.41) is -1.70. The second kappa shape index (κ2) is 30.6. The lowest BCUT2D eigenvalue weighted by molar-refractivity contribution is 0.260. The Morgan fingerprint density at radius 1 is 0.390 bits per heavy atom. The molecule has 2 unspecified atom stereocenters. The third-order valence-electron chi connectivity index (χ3n) is 17.2. The van der Waals surface area contributed by atoms with Crippen LogP contribution < -0.4 is 9.80 Å². The van der Waals surface area contributed by atoms with Crippen molar-refractivity contribution in [3.05, 3.63) is 179 Å². The number of allylic oxidation sites excluding steroid dienone is 4. The zero-order valence-electron chi connectivity index (χ0n) is 49.7. The molecule has 2 aliphatic carbocycles. The molecule has 4 aromatic carbocycles. The molecule has 0 radical (unpaired) electrons. The van der Waals surface area contributed by atoms with E-state index in [0.717, 1.165) is 48.2 Å². The minimum Gasteiger partial charge on any atom is -0.378 e. The van der Waals surface area contributed by atoms with Crippen molar-refractivity contribution in [2.75, 3.05) is 66.2 Å². The highest BCUT2D eigenvalue weighted by atomic mass is 32.2. The number of nitrogens with zero attached hydrogens (tertiary/aromatic N) is 4. The SMILES string of the molecule is CCCCCCCCCCCCc1ccccc1C1(N(C)C)C=CC(C(c2ccc(N(C)C)cc2)S(=O)(=O)C(c2ccc(N(C)C)cc2)C2C=CC(c3ccccc3CCCCCCCCCCCC)(N(C)C)C=C2)C=C1. The van der Waals surface area contributed by atoms with Crippen molar-refractivity contribution in [1.29, 1.82) is 0 Å². The minimum atomic E-state index is -4.01. The summed E-state index contributed by atoms with van der Waals surface area (Å²) in [7, 11) is 12.7. The van der Waals surface area contributed by atoms with Gasteiger partial charge in [0.25, 0.3) is 0 Å². The highest BCUT2D eigenvalue weighted by Crippen LogP contribution is 2.49. The molecule has 0 N–H and O–H groups in total. The fourth-order valence-electron chi connectivity index (χ4n) is 12.3. The third-order valence-corrected chi connectivity index (χ3v) is 19.7. The Labute approximate surface area is 470 Å². The van der Waals surface area contributed by atoms with Crippen molar-refractivity contribution in [1.82, 2.24) is 9.80 Å². The Morgan fingerprint density at radius 3 is 0.961 bits per heavy atom. The first-order valence-corrected chi connectivity index (χ1v) is 31.9. The van der Waals surface area contributed by atoms with E-state index in [9.17, 15) is 0 Å². The van der Waals surface area contributed by atoms with Crippen molar-refractivity contribution >= 4 is 21.2 Å². The smallest absolute Gasteiger partial charge is 0.166 e. The van der Waals surface area contributed by atoms with E-state index < -0.39 is 43.3 Å². The van der Waals surface area contributed by atoms with E-state index in [4.69, 9.17) is 0 Å². The van der Waals surface area contributed by atoms with Crippen LogP contribution in [0.25, 0.3) is 0 Å². The number of aryl methyl sites for hydroxylation is 2. The first-order chi connectivity index (χ1) is 37.2. The first-order valence-electron chi connectivity index (χ1n) is 30.3. The molecular formula is C70H102N4O2S. The highest BCUT2D eigenvalue weighted by Gasteiger charge is 2.46. The van der Waals surface area contributed by atoms with Gasteiger partial charge in [0.15, 0.2) is 9.84 Å². The van der Waals surface area contributed by atoms with Gasteiger partial charge in [-0.3, -0.25) is 9.80 Å². The second-order valence-corrected chi connectivity index (χ2v) is 25.8. The van der Waals surface area contributed by atoms with Gasteiger partial charge in [-0.1, -0.05) is 251 Å². The van der Waals surface area contributed by atoms with Crippen molar-refractivity contribution in [3.63, 3.8) is 0 Å². The Kier molecular flexibility index (Phi) is 24.5. The van der Waals surface area contributed by atoms with Crippen LogP contribution in [0.4, 0.5) is 11.4 Å². The number of hydrogen-bond donors (Lipinski definition) is 0. The molecule has 77 heavy (non-hydrogen) atoms.